The number of carbonyl (C=O) groups is 1. The van der Waals surface area contributed by atoms with Gasteiger partial charge in [-0.25, -0.2) is 0 Å². The normalized spacial score (nSPS) is 21.4. The smallest absolute Gasteiger partial charge is 0.251 e. The van der Waals surface area contributed by atoms with Gasteiger partial charge in [0.15, 0.2) is 0 Å². The molecule has 1 aliphatic rings. The molecule has 5 nitrogen and oxygen atoms in total. The number of ether oxygens (including phenoxy) is 2. The van der Waals surface area contributed by atoms with E-state index < -0.39 is 5.60 Å². The molecular weight excluding hydrogens is 294 g/mol. The summed E-state index contributed by atoms with van der Waals surface area (Å²) in [7, 11) is 0. The molecule has 1 aliphatic heterocycles. The zero-order valence-corrected chi connectivity index (χ0v) is 14.2. The van der Waals surface area contributed by atoms with E-state index >= 15 is 0 Å². The Hall–Kier alpha value is -1.43. The van der Waals surface area contributed by atoms with Crippen molar-refractivity contribution in [3.8, 4) is 0 Å². The SMILES string of the molecule is CCO[C@@H]1COC[C@H]1NC(=O)c1cccc(CCC(C)(C)O)c1. The first-order valence-electron chi connectivity index (χ1n) is 8.20. The molecule has 1 saturated heterocycles. The van der Waals surface area contributed by atoms with E-state index in [1.54, 1.807) is 19.9 Å². The molecule has 128 valence electrons. The minimum Gasteiger partial charge on any atom is -0.390 e. The molecule has 0 spiro atoms. The fraction of sp³-hybridized carbons (Fsp3) is 0.611. The van der Waals surface area contributed by atoms with Gasteiger partial charge in [-0.15, -0.1) is 0 Å². The van der Waals surface area contributed by atoms with Crippen LogP contribution in [-0.4, -0.2) is 48.6 Å². The van der Waals surface area contributed by atoms with Crippen molar-refractivity contribution < 1.29 is 19.4 Å². The highest BCUT2D eigenvalue weighted by Crippen LogP contribution is 2.15. The number of hydrogen-bond donors (Lipinski definition) is 2. The Bertz CT molecular complexity index is 524. The maximum atomic E-state index is 12.4. The van der Waals surface area contributed by atoms with Crippen LogP contribution in [0.5, 0.6) is 0 Å². The Morgan fingerprint density at radius 3 is 2.91 bits per heavy atom. The summed E-state index contributed by atoms with van der Waals surface area (Å²) >= 11 is 0. The van der Waals surface area contributed by atoms with Gasteiger partial charge in [-0.3, -0.25) is 4.79 Å². The van der Waals surface area contributed by atoms with Crippen LogP contribution < -0.4 is 5.32 Å². The van der Waals surface area contributed by atoms with Gasteiger partial charge < -0.3 is 19.9 Å². The molecular formula is C18H27NO4. The maximum absolute atomic E-state index is 12.4. The van der Waals surface area contributed by atoms with Crippen LogP contribution in [0.4, 0.5) is 0 Å². The third-order valence-electron chi connectivity index (χ3n) is 3.94. The van der Waals surface area contributed by atoms with Crippen molar-refractivity contribution in [1.29, 1.82) is 0 Å². The summed E-state index contributed by atoms with van der Waals surface area (Å²) in [6.07, 6.45) is 1.31. The fourth-order valence-electron chi connectivity index (χ4n) is 2.62. The largest absolute Gasteiger partial charge is 0.390 e. The van der Waals surface area contributed by atoms with E-state index in [9.17, 15) is 9.90 Å². The highest BCUT2D eigenvalue weighted by atomic mass is 16.5. The molecule has 23 heavy (non-hydrogen) atoms. The van der Waals surface area contributed by atoms with Gasteiger partial charge in [0.25, 0.3) is 5.91 Å². The highest BCUT2D eigenvalue weighted by Gasteiger charge is 2.30. The number of rotatable bonds is 7. The second-order valence-corrected chi connectivity index (χ2v) is 6.62. The van der Waals surface area contributed by atoms with Gasteiger partial charge in [-0.2, -0.15) is 0 Å². The standard InChI is InChI=1S/C18H27NO4/c1-4-23-16-12-22-11-15(16)19-17(20)14-7-5-6-13(10-14)8-9-18(2,3)21/h5-7,10,15-16,21H,4,8-9,11-12H2,1-3H3,(H,19,20)/t15-,16-/m1/s1. The van der Waals surface area contributed by atoms with E-state index in [0.717, 1.165) is 12.0 Å². The van der Waals surface area contributed by atoms with Crippen molar-refractivity contribution in [2.75, 3.05) is 19.8 Å². The number of hydrogen-bond acceptors (Lipinski definition) is 4. The van der Waals surface area contributed by atoms with Crippen molar-refractivity contribution in [1.82, 2.24) is 5.32 Å². The van der Waals surface area contributed by atoms with Gasteiger partial charge in [-0.1, -0.05) is 12.1 Å². The first-order valence-corrected chi connectivity index (χ1v) is 8.20. The minimum absolute atomic E-state index is 0.0812. The summed E-state index contributed by atoms with van der Waals surface area (Å²) in [5.74, 6) is -0.115. The first kappa shape index (κ1) is 17.9. The summed E-state index contributed by atoms with van der Waals surface area (Å²) in [5.41, 5.74) is 0.966. The maximum Gasteiger partial charge on any atom is 0.251 e. The molecule has 0 radical (unpaired) electrons. The lowest BCUT2D eigenvalue weighted by atomic mass is 9.98. The topological polar surface area (TPSA) is 67.8 Å². The fourth-order valence-corrected chi connectivity index (χ4v) is 2.62. The molecule has 1 amide bonds. The van der Waals surface area contributed by atoms with Crippen molar-refractivity contribution in [3.63, 3.8) is 0 Å². The molecule has 0 unspecified atom stereocenters. The van der Waals surface area contributed by atoms with Gasteiger partial charge in [0.2, 0.25) is 0 Å². The van der Waals surface area contributed by atoms with Crippen LogP contribution in [-0.2, 0) is 15.9 Å². The highest BCUT2D eigenvalue weighted by molar-refractivity contribution is 5.94. The molecule has 5 heteroatoms. The van der Waals surface area contributed by atoms with E-state index in [2.05, 4.69) is 5.32 Å². The first-order chi connectivity index (χ1) is 10.9. The third-order valence-corrected chi connectivity index (χ3v) is 3.94. The van der Waals surface area contributed by atoms with E-state index in [1.807, 2.05) is 25.1 Å². The number of aryl methyl sites for hydroxylation is 1. The molecule has 0 bridgehead atoms. The van der Waals surface area contributed by atoms with Gasteiger partial charge in [0.05, 0.1) is 24.9 Å². The monoisotopic (exact) mass is 321 g/mol. The number of nitrogens with one attached hydrogen (secondary N) is 1. The van der Waals surface area contributed by atoms with Crippen molar-refractivity contribution >= 4 is 5.91 Å². The van der Waals surface area contributed by atoms with E-state index in [1.165, 1.54) is 0 Å². The van der Waals surface area contributed by atoms with Crippen LogP contribution in [0, 0.1) is 0 Å². The predicted octanol–water partition coefficient (Wildman–Crippen LogP) is 1.92. The van der Waals surface area contributed by atoms with Crippen molar-refractivity contribution in [2.45, 2.75) is 51.4 Å². The summed E-state index contributed by atoms with van der Waals surface area (Å²) < 4.78 is 11.0. The van der Waals surface area contributed by atoms with Gasteiger partial charge in [0.1, 0.15) is 6.10 Å². The molecule has 0 aromatic heterocycles. The quantitative estimate of drug-likeness (QED) is 0.805. The molecule has 1 aromatic rings. The summed E-state index contributed by atoms with van der Waals surface area (Å²) in [5, 5.41) is 12.8. The lowest BCUT2D eigenvalue weighted by Gasteiger charge is -2.19. The van der Waals surface area contributed by atoms with Crippen LogP contribution in [0.3, 0.4) is 0 Å². The number of amides is 1. The van der Waals surface area contributed by atoms with Gasteiger partial charge in [-0.05, 0) is 51.3 Å². The average Bonchev–Trinajstić information content (AvgIpc) is 2.92. The summed E-state index contributed by atoms with van der Waals surface area (Å²) in [4.78, 5) is 12.4. The lowest BCUT2D eigenvalue weighted by molar-refractivity contribution is 0.0402. The van der Waals surface area contributed by atoms with Crippen molar-refractivity contribution in [3.05, 3.63) is 35.4 Å². The minimum atomic E-state index is -0.704. The average molecular weight is 321 g/mol. The summed E-state index contributed by atoms with van der Waals surface area (Å²) in [6, 6.07) is 7.42. The second kappa shape index (κ2) is 7.90. The Balaban J connectivity index is 1.96. The molecule has 0 saturated carbocycles. The Morgan fingerprint density at radius 2 is 2.22 bits per heavy atom. The van der Waals surface area contributed by atoms with Gasteiger partial charge in [0, 0.05) is 12.2 Å². The van der Waals surface area contributed by atoms with Crippen LogP contribution >= 0.6 is 0 Å². The van der Waals surface area contributed by atoms with Crippen LogP contribution in [0.25, 0.3) is 0 Å². The number of carbonyl (C=O) groups excluding carboxylic acids is 1. The molecule has 2 atom stereocenters. The van der Waals surface area contributed by atoms with Crippen LogP contribution in [0.15, 0.2) is 24.3 Å². The van der Waals surface area contributed by atoms with E-state index in [4.69, 9.17) is 9.47 Å². The lowest BCUT2D eigenvalue weighted by Crippen LogP contribution is -2.43. The second-order valence-electron chi connectivity index (χ2n) is 6.62. The Labute approximate surface area is 138 Å². The van der Waals surface area contributed by atoms with Crippen LogP contribution in [0.2, 0.25) is 0 Å². The van der Waals surface area contributed by atoms with E-state index in [0.29, 0.717) is 31.8 Å². The Morgan fingerprint density at radius 1 is 1.43 bits per heavy atom. The number of aliphatic hydroxyl groups is 1. The zero-order valence-electron chi connectivity index (χ0n) is 14.2. The third kappa shape index (κ3) is 5.61. The zero-order chi connectivity index (χ0) is 16.9. The molecule has 1 fully saturated rings. The molecule has 2 rings (SSSR count). The summed E-state index contributed by atoms with van der Waals surface area (Å²) in [6.45, 7) is 7.12. The predicted molar refractivity (Wildman–Crippen MR) is 88.5 cm³/mol. The Kier molecular flexibility index (Phi) is 6.16. The molecule has 1 heterocycles. The molecule has 0 aliphatic carbocycles. The number of benzene rings is 1. The molecule has 2 N–H and O–H groups in total. The van der Waals surface area contributed by atoms with Crippen LogP contribution in [0.1, 0.15) is 43.1 Å². The van der Waals surface area contributed by atoms with Crippen molar-refractivity contribution in [2.24, 2.45) is 0 Å². The van der Waals surface area contributed by atoms with Gasteiger partial charge >= 0.3 is 0 Å². The molecule has 1 aromatic carbocycles. The van der Waals surface area contributed by atoms with E-state index in [-0.39, 0.29) is 18.1 Å².